The van der Waals surface area contributed by atoms with E-state index in [9.17, 15) is 4.39 Å². The maximum Gasteiger partial charge on any atom is 0.137 e. The highest BCUT2D eigenvalue weighted by Gasteiger charge is 2.09. The summed E-state index contributed by atoms with van der Waals surface area (Å²) < 4.78 is 15.5. The van der Waals surface area contributed by atoms with E-state index in [1.807, 2.05) is 25.0 Å². The minimum Gasteiger partial charge on any atom is -0.309 e. The van der Waals surface area contributed by atoms with Crippen LogP contribution in [0.15, 0.2) is 24.5 Å². The predicted molar refractivity (Wildman–Crippen MR) is 73.6 cm³/mol. The van der Waals surface area contributed by atoms with Crippen LogP contribution in [0.2, 0.25) is 5.15 Å². The van der Waals surface area contributed by atoms with Crippen molar-refractivity contribution in [3.63, 3.8) is 0 Å². The van der Waals surface area contributed by atoms with E-state index in [2.05, 4.69) is 15.0 Å². The minimum absolute atomic E-state index is 0.145. The van der Waals surface area contributed by atoms with Crippen LogP contribution in [0.25, 0.3) is 11.3 Å². The van der Waals surface area contributed by atoms with Crippen LogP contribution in [0.3, 0.4) is 0 Å². The summed E-state index contributed by atoms with van der Waals surface area (Å²) >= 11 is 5.63. The summed E-state index contributed by atoms with van der Waals surface area (Å²) in [6.07, 6.45) is 4.25. The summed E-state index contributed by atoms with van der Waals surface area (Å²) in [5, 5.41) is 4.49. The molecule has 2 rings (SSSR count). The Hall–Kier alpha value is -1.46. The molecule has 0 saturated heterocycles. The first-order valence-electron chi connectivity index (χ1n) is 6.06. The van der Waals surface area contributed by atoms with Gasteiger partial charge in [0.2, 0.25) is 0 Å². The summed E-state index contributed by atoms with van der Waals surface area (Å²) in [6.45, 7) is 1.80. The van der Waals surface area contributed by atoms with Crippen molar-refractivity contribution in [2.75, 3.05) is 20.6 Å². The highest BCUT2D eigenvalue weighted by molar-refractivity contribution is 6.29. The number of rotatable bonds is 5. The lowest BCUT2D eigenvalue weighted by atomic mass is 10.2. The van der Waals surface area contributed by atoms with Crippen molar-refractivity contribution >= 4 is 11.6 Å². The zero-order valence-corrected chi connectivity index (χ0v) is 11.7. The van der Waals surface area contributed by atoms with Crippen molar-refractivity contribution in [1.29, 1.82) is 0 Å². The van der Waals surface area contributed by atoms with Crippen LogP contribution in [-0.4, -0.2) is 40.3 Å². The molecular formula is C13H16ClFN4. The van der Waals surface area contributed by atoms with E-state index in [0.29, 0.717) is 11.3 Å². The molecule has 0 radical (unpaired) electrons. The SMILES string of the molecule is CN(C)CCCn1ccc(-c2cnc(Cl)cc2F)n1. The number of hydrogen-bond donors (Lipinski definition) is 0. The number of aromatic nitrogens is 3. The lowest BCUT2D eigenvalue weighted by Crippen LogP contribution is -2.15. The summed E-state index contributed by atoms with van der Waals surface area (Å²) in [6, 6.07) is 2.98. The van der Waals surface area contributed by atoms with Gasteiger partial charge in [-0.1, -0.05) is 11.6 Å². The summed E-state index contributed by atoms with van der Waals surface area (Å²) in [7, 11) is 4.06. The van der Waals surface area contributed by atoms with Crippen molar-refractivity contribution in [3.8, 4) is 11.3 Å². The van der Waals surface area contributed by atoms with Gasteiger partial charge < -0.3 is 4.90 Å². The summed E-state index contributed by atoms with van der Waals surface area (Å²) in [5.74, 6) is -0.404. The second-order valence-corrected chi connectivity index (χ2v) is 5.00. The van der Waals surface area contributed by atoms with E-state index in [0.717, 1.165) is 19.5 Å². The standard InChI is InChI=1S/C13H16ClFN4/c1-18(2)5-3-6-19-7-4-12(17-19)10-9-16-13(14)8-11(10)15/h4,7-9H,3,5-6H2,1-2H3. The van der Waals surface area contributed by atoms with E-state index in [1.165, 1.54) is 12.3 Å². The van der Waals surface area contributed by atoms with E-state index in [-0.39, 0.29) is 5.15 Å². The second kappa shape index (κ2) is 6.12. The van der Waals surface area contributed by atoms with Gasteiger partial charge in [-0.25, -0.2) is 9.37 Å². The van der Waals surface area contributed by atoms with Gasteiger partial charge in [-0.15, -0.1) is 0 Å². The average molecular weight is 283 g/mol. The third kappa shape index (κ3) is 3.75. The number of aryl methyl sites for hydroxylation is 1. The first-order chi connectivity index (χ1) is 9.06. The third-order valence-electron chi connectivity index (χ3n) is 2.73. The molecule has 0 fully saturated rings. The van der Waals surface area contributed by atoms with E-state index < -0.39 is 5.82 Å². The van der Waals surface area contributed by atoms with Gasteiger partial charge in [-0.3, -0.25) is 4.68 Å². The van der Waals surface area contributed by atoms with Crippen LogP contribution in [-0.2, 0) is 6.54 Å². The second-order valence-electron chi connectivity index (χ2n) is 4.61. The molecule has 0 aliphatic heterocycles. The van der Waals surface area contributed by atoms with Crippen molar-refractivity contribution < 1.29 is 4.39 Å². The quantitative estimate of drug-likeness (QED) is 0.791. The Morgan fingerprint density at radius 2 is 2.21 bits per heavy atom. The molecule has 4 nitrogen and oxygen atoms in total. The lowest BCUT2D eigenvalue weighted by molar-refractivity contribution is 0.381. The maximum absolute atomic E-state index is 13.7. The van der Waals surface area contributed by atoms with E-state index >= 15 is 0 Å². The highest BCUT2D eigenvalue weighted by atomic mass is 35.5. The molecule has 0 aliphatic carbocycles. The molecule has 0 bridgehead atoms. The molecule has 0 aromatic carbocycles. The number of hydrogen-bond acceptors (Lipinski definition) is 3. The van der Waals surface area contributed by atoms with Crippen molar-refractivity contribution in [2.45, 2.75) is 13.0 Å². The first-order valence-corrected chi connectivity index (χ1v) is 6.43. The Morgan fingerprint density at radius 3 is 2.89 bits per heavy atom. The molecular weight excluding hydrogens is 267 g/mol. The molecule has 0 saturated carbocycles. The van der Waals surface area contributed by atoms with Crippen LogP contribution >= 0.6 is 11.6 Å². The van der Waals surface area contributed by atoms with Crippen molar-refractivity contribution in [2.24, 2.45) is 0 Å². The fraction of sp³-hybridized carbons (Fsp3) is 0.385. The van der Waals surface area contributed by atoms with Gasteiger partial charge in [-0.05, 0) is 33.1 Å². The van der Waals surface area contributed by atoms with Crippen LogP contribution in [0, 0.1) is 5.82 Å². The Balaban J connectivity index is 2.08. The molecule has 0 atom stereocenters. The molecule has 0 aliphatic rings. The van der Waals surface area contributed by atoms with Gasteiger partial charge in [0.15, 0.2) is 0 Å². The molecule has 19 heavy (non-hydrogen) atoms. The van der Waals surface area contributed by atoms with Gasteiger partial charge in [0.05, 0.1) is 11.3 Å². The van der Waals surface area contributed by atoms with Gasteiger partial charge in [-0.2, -0.15) is 5.10 Å². The zero-order chi connectivity index (χ0) is 13.8. The maximum atomic E-state index is 13.7. The highest BCUT2D eigenvalue weighted by Crippen LogP contribution is 2.21. The number of nitrogens with zero attached hydrogens (tertiary/aromatic N) is 4. The molecule has 0 spiro atoms. The van der Waals surface area contributed by atoms with Crippen molar-refractivity contribution in [1.82, 2.24) is 19.7 Å². The number of pyridine rings is 1. The Morgan fingerprint density at radius 1 is 1.42 bits per heavy atom. The van der Waals surface area contributed by atoms with Gasteiger partial charge in [0, 0.05) is 25.0 Å². The predicted octanol–water partition coefficient (Wildman–Crippen LogP) is 2.69. The monoisotopic (exact) mass is 282 g/mol. The topological polar surface area (TPSA) is 34.0 Å². The average Bonchev–Trinajstić information content (AvgIpc) is 2.77. The molecule has 0 N–H and O–H groups in total. The first kappa shape index (κ1) is 14.0. The Labute approximate surface area is 116 Å². The molecule has 2 aromatic heterocycles. The summed E-state index contributed by atoms with van der Waals surface area (Å²) in [4.78, 5) is 6.00. The van der Waals surface area contributed by atoms with Crippen molar-refractivity contribution in [3.05, 3.63) is 35.5 Å². The zero-order valence-electron chi connectivity index (χ0n) is 11.0. The smallest absolute Gasteiger partial charge is 0.137 e. The molecule has 0 amide bonds. The fourth-order valence-electron chi connectivity index (χ4n) is 1.77. The third-order valence-corrected chi connectivity index (χ3v) is 2.94. The Bertz CT molecular complexity index is 553. The molecule has 6 heteroatoms. The normalized spacial score (nSPS) is 11.2. The van der Waals surface area contributed by atoms with Gasteiger partial charge in [0.25, 0.3) is 0 Å². The van der Waals surface area contributed by atoms with Crippen LogP contribution in [0.1, 0.15) is 6.42 Å². The molecule has 102 valence electrons. The summed E-state index contributed by atoms with van der Waals surface area (Å²) in [5.41, 5.74) is 0.947. The minimum atomic E-state index is -0.404. The van der Waals surface area contributed by atoms with Crippen LogP contribution in [0.4, 0.5) is 4.39 Å². The van der Waals surface area contributed by atoms with E-state index in [4.69, 9.17) is 11.6 Å². The van der Waals surface area contributed by atoms with Crippen LogP contribution in [0.5, 0.6) is 0 Å². The van der Waals surface area contributed by atoms with Gasteiger partial charge >= 0.3 is 0 Å². The lowest BCUT2D eigenvalue weighted by Gasteiger charge is -2.08. The Kier molecular flexibility index (Phi) is 4.50. The van der Waals surface area contributed by atoms with E-state index in [1.54, 1.807) is 6.07 Å². The molecule has 2 aromatic rings. The fourth-order valence-corrected chi connectivity index (χ4v) is 1.92. The van der Waals surface area contributed by atoms with Gasteiger partial charge in [0.1, 0.15) is 11.0 Å². The number of halogens is 2. The molecule has 2 heterocycles. The van der Waals surface area contributed by atoms with Crippen LogP contribution < -0.4 is 0 Å². The largest absolute Gasteiger partial charge is 0.309 e. The molecule has 0 unspecified atom stereocenters.